The standard InChI is InChI=1S/C18H23F3N4O3/c19-18(20,21)14-2-3-15(22-12-14)23-17(27)25-7-1-6-24(8-9-25)16(26)13-4-10-28-11-5-13/h2-3,12-13H,1,4-11H2,(H,22,23,27). The Bertz CT molecular complexity index is 690. The fraction of sp³-hybridized carbons (Fsp3) is 0.611. The number of carbonyl (C=O) groups excluding carboxylic acids is 2. The Kier molecular flexibility index (Phi) is 6.38. The topological polar surface area (TPSA) is 74.8 Å². The minimum absolute atomic E-state index is 0.0227. The molecule has 0 aromatic carbocycles. The number of amides is 3. The van der Waals surface area contributed by atoms with Crippen molar-refractivity contribution in [1.82, 2.24) is 14.8 Å². The maximum absolute atomic E-state index is 12.6. The van der Waals surface area contributed by atoms with E-state index >= 15 is 0 Å². The van der Waals surface area contributed by atoms with Crippen LogP contribution in [-0.4, -0.2) is 66.1 Å². The van der Waals surface area contributed by atoms with Gasteiger partial charge in [0.1, 0.15) is 5.82 Å². The first-order valence-electron chi connectivity index (χ1n) is 9.30. The van der Waals surface area contributed by atoms with Crippen molar-refractivity contribution in [1.29, 1.82) is 0 Å². The van der Waals surface area contributed by atoms with Gasteiger partial charge < -0.3 is 14.5 Å². The highest BCUT2D eigenvalue weighted by Crippen LogP contribution is 2.28. The van der Waals surface area contributed by atoms with Gasteiger partial charge in [-0.25, -0.2) is 9.78 Å². The summed E-state index contributed by atoms with van der Waals surface area (Å²) in [6.45, 7) is 3.03. The van der Waals surface area contributed by atoms with Crippen LogP contribution in [0.15, 0.2) is 18.3 Å². The van der Waals surface area contributed by atoms with Gasteiger partial charge in [-0.1, -0.05) is 0 Å². The third-order valence-electron chi connectivity index (χ3n) is 4.99. The number of anilines is 1. The van der Waals surface area contributed by atoms with Crippen molar-refractivity contribution in [3.8, 4) is 0 Å². The molecule has 7 nitrogen and oxygen atoms in total. The molecular formula is C18H23F3N4O3. The van der Waals surface area contributed by atoms with E-state index in [-0.39, 0.29) is 17.6 Å². The number of carbonyl (C=O) groups is 2. The summed E-state index contributed by atoms with van der Waals surface area (Å²) in [4.78, 5) is 32.0. The highest BCUT2D eigenvalue weighted by molar-refractivity contribution is 5.88. The molecule has 1 N–H and O–H groups in total. The van der Waals surface area contributed by atoms with Crippen LogP contribution in [-0.2, 0) is 15.7 Å². The molecule has 1 aromatic heterocycles. The molecule has 3 amide bonds. The number of nitrogens with zero attached hydrogens (tertiary/aromatic N) is 3. The second-order valence-electron chi connectivity index (χ2n) is 6.91. The predicted octanol–water partition coefficient (Wildman–Crippen LogP) is 2.59. The van der Waals surface area contributed by atoms with Gasteiger partial charge >= 0.3 is 12.2 Å². The molecule has 2 aliphatic heterocycles. The minimum atomic E-state index is -4.47. The van der Waals surface area contributed by atoms with Gasteiger partial charge in [0.05, 0.1) is 5.56 Å². The first-order chi connectivity index (χ1) is 13.3. The van der Waals surface area contributed by atoms with Gasteiger partial charge in [0.15, 0.2) is 0 Å². The molecule has 0 aliphatic carbocycles. The zero-order valence-corrected chi connectivity index (χ0v) is 15.4. The van der Waals surface area contributed by atoms with Gasteiger partial charge in [-0.05, 0) is 31.4 Å². The Labute approximate surface area is 160 Å². The van der Waals surface area contributed by atoms with Gasteiger partial charge in [-0.2, -0.15) is 13.2 Å². The molecule has 28 heavy (non-hydrogen) atoms. The molecule has 0 spiro atoms. The lowest BCUT2D eigenvalue weighted by Crippen LogP contribution is -2.42. The third kappa shape index (κ3) is 5.12. The summed E-state index contributed by atoms with van der Waals surface area (Å²) < 4.78 is 43.0. The van der Waals surface area contributed by atoms with Crippen LogP contribution < -0.4 is 5.32 Å². The minimum Gasteiger partial charge on any atom is -0.381 e. The number of nitrogens with one attached hydrogen (secondary N) is 1. The first-order valence-corrected chi connectivity index (χ1v) is 9.30. The largest absolute Gasteiger partial charge is 0.417 e. The summed E-state index contributed by atoms with van der Waals surface area (Å²) in [7, 11) is 0. The zero-order valence-electron chi connectivity index (χ0n) is 15.4. The number of rotatable bonds is 2. The Morgan fingerprint density at radius 1 is 1.07 bits per heavy atom. The summed E-state index contributed by atoms with van der Waals surface area (Å²) in [5, 5.41) is 2.51. The Balaban J connectivity index is 1.53. The molecule has 3 rings (SSSR count). The SMILES string of the molecule is O=C(Nc1ccc(C(F)(F)F)cn1)N1CCCN(C(=O)C2CCOCC2)CC1. The lowest BCUT2D eigenvalue weighted by atomic mass is 9.98. The maximum Gasteiger partial charge on any atom is 0.417 e. The number of aromatic nitrogens is 1. The third-order valence-corrected chi connectivity index (χ3v) is 4.99. The van der Waals surface area contributed by atoms with Crippen LogP contribution >= 0.6 is 0 Å². The second-order valence-corrected chi connectivity index (χ2v) is 6.91. The molecule has 2 fully saturated rings. The highest BCUT2D eigenvalue weighted by Gasteiger charge is 2.31. The van der Waals surface area contributed by atoms with E-state index in [4.69, 9.17) is 4.74 Å². The van der Waals surface area contributed by atoms with Crippen LogP contribution in [0.5, 0.6) is 0 Å². The van der Waals surface area contributed by atoms with Crippen LogP contribution in [0.2, 0.25) is 0 Å². The molecule has 0 bridgehead atoms. The molecule has 0 atom stereocenters. The quantitative estimate of drug-likeness (QED) is 0.828. The predicted molar refractivity (Wildman–Crippen MR) is 94.6 cm³/mol. The van der Waals surface area contributed by atoms with E-state index in [2.05, 4.69) is 10.3 Å². The summed E-state index contributed by atoms with van der Waals surface area (Å²) in [6, 6.07) is 1.56. The van der Waals surface area contributed by atoms with Crippen molar-refractivity contribution >= 4 is 17.8 Å². The van der Waals surface area contributed by atoms with E-state index < -0.39 is 17.8 Å². The van der Waals surface area contributed by atoms with Gasteiger partial charge in [0.25, 0.3) is 0 Å². The van der Waals surface area contributed by atoms with Crippen molar-refractivity contribution in [2.75, 3.05) is 44.7 Å². The number of halogens is 3. The number of pyridine rings is 1. The molecule has 0 unspecified atom stereocenters. The van der Waals surface area contributed by atoms with Gasteiger partial charge in [0, 0.05) is 51.5 Å². The van der Waals surface area contributed by atoms with Gasteiger partial charge in [-0.15, -0.1) is 0 Å². The Hall–Kier alpha value is -2.36. The van der Waals surface area contributed by atoms with Crippen molar-refractivity contribution in [3.63, 3.8) is 0 Å². The fourth-order valence-corrected chi connectivity index (χ4v) is 3.37. The summed E-state index contributed by atoms with van der Waals surface area (Å²) in [6.07, 6.45) is -1.70. The van der Waals surface area contributed by atoms with Gasteiger partial charge in [-0.3, -0.25) is 10.1 Å². The van der Waals surface area contributed by atoms with Crippen molar-refractivity contribution in [2.24, 2.45) is 5.92 Å². The van der Waals surface area contributed by atoms with Crippen molar-refractivity contribution in [3.05, 3.63) is 23.9 Å². The number of hydrogen-bond donors (Lipinski definition) is 1. The lowest BCUT2D eigenvalue weighted by molar-refractivity contribution is -0.138. The molecule has 2 aliphatic rings. The molecule has 0 radical (unpaired) electrons. The average molecular weight is 400 g/mol. The van der Waals surface area contributed by atoms with E-state index in [0.717, 1.165) is 25.0 Å². The van der Waals surface area contributed by atoms with Crippen LogP contribution in [0.1, 0.15) is 24.8 Å². The average Bonchev–Trinajstić information content (AvgIpc) is 2.94. The highest BCUT2D eigenvalue weighted by atomic mass is 19.4. The fourth-order valence-electron chi connectivity index (χ4n) is 3.37. The normalized spacial score (nSPS) is 19.2. The Morgan fingerprint density at radius 2 is 1.75 bits per heavy atom. The molecule has 1 aromatic rings. The molecule has 154 valence electrons. The number of urea groups is 1. The molecule has 3 heterocycles. The molecule has 0 saturated carbocycles. The van der Waals surface area contributed by atoms with E-state index in [1.54, 1.807) is 9.80 Å². The molecule has 2 saturated heterocycles. The van der Waals surface area contributed by atoms with E-state index in [9.17, 15) is 22.8 Å². The van der Waals surface area contributed by atoms with Crippen molar-refractivity contribution in [2.45, 2.75) is 25.4 Å². The summed E-state index contributed by atoms with van der Waals surface area (Å²) in [5.74, 6) is 0.137. The summed E-state index contributed by atoms with van der Waals surface area (Å²) >= 11 is 0. The van der Waals surface area contributed by atoms with Crippen LogP contribution in [0.25, 0.3) is 0 Å². The van der Waals surface area contributed by atoms with Crippen LogP contribution in [0.3, 0.4) is 0 Å². The Morgan fingerprint density at radius 3 is 2.39 bits per heavy atom. The van der Waals surface area contributed by atoms with E-state index in [1.165, 1.54) is 0 Å². The van der Waals surface area contributed by atoms with Gasteiger partial charge in [0.2, 0.25) is 5.91 Å². The second kappa shape index (κ2) is 8.76. The van der Waals surface area contributed by atoms with Crippen molar-refractivity contribution < 1.29 is 27.5 Å². The van der Waals surface area contributed by atoms with E-state index in [1.807, 2.05) is 0 Å². The van der Waals surface area contributed by atoms with Crippen LogP contribution in [0.4, 0.5) is 23.8 Å². The zero-order chi connectivity index (χ0) is 20.1. The number of alkyl halides is 3. The summed E-state index contributed by atoms with van der Waals surface area (Å²) in [5.41, 5.74) is -0.873. The smallest absolute Gasteiger partial charge is 0.381 e. The lowest BCUT2D eigenvalue weighted by Gasteiger charge is -2.28. The molecular weight excluding hydrogens is 377 g/mol. The maximum atomic E-state index is 12.6. The van der Waals surface area contributed by atoms with E-state index in [0.29, 0.717) is 52.0 Å². The molecule has 10 heteroatoms. The monoisotopic (exact) mass is 400 g/mol. The van der Waals surface area contributed by atoms with Crippen LogP contribution in [0, 0.1) is 5.92 Å². The number of hydrogen-bond acceptors (Lipinski definition) is 4. The first kappa shape index (κ1) is 20.4. The number of ether oxygens (including phenoxy) is 1.